The third kappa shape index (κ3) is 1.02. The summed E-state index contributed by atoms with van der Waals surface area (Å²) < 4.78 is -0.0301. The molecule has 0 spiro atoms. The Bertz CT molecular complexity index is 240. The van der Waals surface area contributed by atoms with Crippen molar-refractivity contribution < 1.29 is 20.1 Å². The fraction of sp³-hybridized carbons (Fsp3) is 0. The first-order chi connectivity index (χ1) is 4.63. The van der Waals surface area contributed by atoms with E-state index in [-0.39, 0.29) is 10.1 Å². The molecule has 1 rings (SSSR count). The van der Waals surface area contributed by atoms with Crippen molar-refractivity contribution in [2.75, 3.05) is 0 Å². The molecule has 1 unspecified atom stereocenters. The molecule has 3 N–H and O–H groups in total. The standard InChI is InChI=1S/C5H5AsO4/c7-2-1-6-3(4(2)8)5(9)10/h1,6-8H,(H,9,10). The molecule has 0 amide bonds. The van der Waals surface area contributed by atoms with Crippen LogP contribution in [0.3, 0.4) is 0 Å². The summed E-state index contributed by atoms with van der Waals surface area (Å²) in [5.74, 6) is -1.90. The molecule has 0 aliphatic carbocycles. The van der Waals surface area contributed by atoms with Crippen molar-refractivity contribution in [2.45, 2.75) is 0 Å². The number of rotatable bonds is 1. The van der Waals surface area contributed by atoms with Crippen LogP contribution in [-0.4, -0.2) is 37.0 Å². The van der Waals surface area contributed by atoms with Gasteiger partial charge >= 0.3 is 62.6 Å². The Morgan fingerprint density at radius 3 is 2.30 bits per heavy atom. The van der Waals surface area contributed by atoms with Crippen LogP contribution in [-0.2, 0) is 4.79 Å². The zero-order valence-electron chi connectivity index (χ0n) is 4.83. The van der Waals surface area contributed by atoms with Crippen LogP contribution in [0.4, 0.5) is 0 Å². The van der Waals surface area contributed by atoms with Crippen molar-refractivity contribution >= 4 is 21.7 Å². The topological polar surface area (TPSA) is 77.8 Å². The van der Waals surface area contributed by atoms with Gasteiger partial charge in [-0.2, -0.15) is 0 Å². The van der Waals surface area contributed by atoms with Crippen molar-refractivity contribution in [2.24, 2.45) is 0 Å². The molecule has 4 nitrogen and oxygen atoms in total. The number of carboxylic acids is 1. The van der Waals surface area contributed by atoms with Gasteiger partial charge in [0, 0.05) is 0 Å². The van der Waals surface area contributed by atoms with Gasteiger partial charge < -0.3 is 0 Å². The Hall–Kier alpha value is -0.892. The van der Waals surface area contributed by atoms with Gasteiger partial charge in [0.25, 0.3) is 0 Å². The van der Waals surface area contributed by atoms with Gasteiger partial charge in [0.15, 0.2) is 0 Å². The molecular weight excluding hydrogens is 199 g/mol. The third-order valence-corrected chi connectivity index (χ3v) is 3.47. The van der Waals surface area contributed by atoms with Crippen LogP contribution in [0, 0.1) is 0 Å². The number of aliphatic carboxylic acids is 1. The van der Waals surface area contributed by atoms with Crippen molar-refractivity contribution in [1.82, 2.24) is 0 Å². The monoisotopic (exact) mass is 204 g/mol. The van der Waals surface area contributed by atoms with Crippen molar-refractivity contribution in [1.29, 1.82) is 0 Å². The number of aliphatic hydroxyl groups is 2. The molecule has 0 aromatic rings. The molecule has 0 saturated heterocycles. The zero-order valence-corrected chi connectivity index (χ0v) is 6.93. The van der Waals surface area contributed by atoms with E-state index in [4.69, 9.17) is 15.3 Å². The van der Waals surface area contributed by atoms with E-state index in [0.29, 0.717) is 0 Å². The summed E-state index contributed by atoms with van der Waals surface area (Å²) in [4.78, 5) is 11.6. The van der Waals surface area contributed by atoms with E-state index in [9.17, 15) is 4.79 Å². The first kappa shape index (κ1) is 7.22. The van der Waals surface area contributed by atoms with Crippen LogP contribution in [0.25, 0.3) is 0 Å². The van der Waals surface area contributed by atoms with E-state index in [1.807, 2.05) is 0 Å². The number of aliphatic hydroxyl groups excluding tert-OH is 2. The predicted octanol–water partition coefficient (Wildman–Crippen LogP) is -0.310. The van der Waals surface area contributed by atoms with E-state index >= 15 is 0 Å². The molecule has 0 aromatic carbocycles. The SMILES string of the molecule is O=C(O)C1=C(O)C(O)=C[AsH]1. The Kier molecular flexibility index (Phi) is 1.72. The fourth-order valence-electron chi connectivity index (χ4n) is 0.568. The second kappa shape index (κ2) is 2.38. The Labute approximate surface area is 63.2 Å². The average molecular weight is 204 g/mol. The molecule has 1 aliphatic heterocycles. The van der Waals surface area contributed by atoms with Crippen LogP contribution < -0.4 is 0 Å². The summed E-state index contributed by atoms with van der Waals surface area (Å²) in [5, 5.41) is 25.9. The van der Waals surface area contributed by atoms with Gasteiger partial charge in [-0.3, -0.25) is 0 Å². The average Bonchev–Trinajstić information content (AvgIpc) is 2.14. The van der Waals surface area contributed by atoms with Crippen molar-refractivity contribution in [3.63, 3.8) is 0 Å². The Morgan fingerprint density at radius 2 is 2.10 bits per heavy atom. The second-order valence-electron chi connectivity index (χ2n) is 1.70. The molecule has 0 radical (unpaired) electrons. The van der Waals surface area contributed by atoms with E-state index in [1.165, 1.54) is 4.86 Å². The summed E-state index contributed by atoms with van der Waals surface area (Å²) in [6, 6.07) is 0. The minimum absolute atomic E-state index is 0.0301. The van der Waals surface area contributed by atoms with Gasteiger partial charge in [0.2, 0.25) is 0 Å². The van der Waals surface area contributed by atoms with E-state index < -0.39 is 27.5 Å². The van der Waals surface area contributed by atoms with Crippen LogP contribution in [0.1, 0.15) is 0 Å². The van der Waals surface area contributed by atoms with Gasteiger partial charge in [-0.05, 0) is 0 Å². The molecule has 54 valence electrons. The normalized spacial score (nSPS) is 19.8. The first-order valence-corrected chi connectivity index (χ1v) is 4.71. The van der Waals surface area contributed by atoms with Gasteiger partial charge in [0.1, 0.15) is 0 Å². The number of carbonyl (C=O) groups is 1. The number of carboxylic acid groups (broad SMARTS) is 1. The van der Waals surface area contributed by atoms with Gasteiger partial charge in [0.05, 0.1) is 0 Å². The maximum atomic E-state index is 10.2. The molecular formula is C5H5AsO4. The summed E-state index contributed by atoms with van der Waals surface area (Å²) in [5.41, 5.74) is 0. The quantitative estimate of drug-likeness (QED) is 0.512. The first-order valence-electron chi connectivity index (χ1n) is 2.45. The van der Waals surface area contributed by atoms with Crippen molar-refractivity contribution in [3.05, 3.63) is 20.7 Å². The minimum atomic E-state index is -1.14. The molecule has 0 fully saturated rings. The van der Waals surface area contributed by atoms with E-state index in [0.717, 1.165) is 0 Å². The summed E-state index contributed by atoms with van der Waals surface area (Å²) in [6.07, 6.45) is 0. The summed E-state index contributed by atoms with van der Waals surface area (Å²) in [6.45, 7) is 0. The summed E-state index contributed by atoms with van der Waals surface area (Å²) >= 11 is -0.951. The molecule has 1 aliphatic rings. The van der Waals surface area contributed by atoms with Crippen molar-refractivity contribution in [3.8, 4) is 0 Å². The van der Waals surface area contributed by atoms with Crippen LogP contribution in [0.5, 0.6) is 0 Å². The molecule has 0 bridgehead atoms. The van der Waals surface area contributed by atoms with E-state index in [1.54, 1.807) is 0 Å². The number of hydrogen-bond donors (Lipinski definition) is 3. The second-order valence-corrected chi connectivity index (χ2v) is 3.96. The van der Waals surface area contributed by atoms with Gasteiger partial charge in [-0.1, -0.05) is 0 Å². The van der Waals surface area contributed by atoms with Gasteiger partial charge in [-0.25, -0.2) is 0 Å². The molecule has 5 heteroatoms. The maximum absolute atomic E-state index is 10.2. The van der Waals surface area contributed by atoms with Crippen LogP contribution in [0.2, 0.25) is 0 Å². The molecule has 1 atom stereocenters. The molecule has 10 heavy (non-hydrogen) atoms. The summed E-state index contributed by atoms with van der Waals surface area (Å²) in [7, 11) is 0. The Balaban J connectivity index is 2.94. The van der Waals surface area contributed by atoms with Gasteiger partial charge in [-0.15, -0.1) is 0 Å². The van der Waals surface area contributed by atoms with Crippen LogP contribution >= 0.6 is 0 Å². The predicted molar refractivity (Wildman–Crippen MR) is 35.2 cm³/mol. The molecule has 1 heterocycles. The third-order valence-electron chi connectivity index (χ3n) is 1.05. The van der Waals surface area contributed by atoms with E-state index in [2.05, 4.69) is 0 Å². The van der Waals surface area contributed by atoms with Crippen LogP contribution in [0.15, 0.2) is 20.7 Å². The molecule has 0 saturated carbocycles. The fourth-order valence-corrected chi connectivity index (χ4v) is 2.26. The molecule has 0 aromatic heterocycles. The number of hydrogen-bond acceptors (Lipinski definition) is 3. The Morgan fingerprint density at radius 1 is 1.50 bits per heavy atom. The zero-order chi connectivity index (χ0) is 7.72.